The first-order valence-corrected chi connectivity index (χ1v) is 9.11. The summed E-state index contributed by atoms with van der Waals surface area (Å²) in [5, 5.41) is 8.25. The number of guanidine groups is 1. The van der Waals surface area contributed by atoms with Gasteiger partial charge in [-0.1, -0.05) is 72.3 Å². The summed E-state index contributed by atoms with van der Waals surface area (Å²) >= 11 is 6.30. The van der Waals surface area contributed by atoms with Gasteiger partial charge in [0, 0.05) is 26.9 Å². The van der Waals surface area contributed by atoms with E-state index < -0.39 is 0 Å². The van der Waals surface area contributed by atoms with Crippen LogP contribution in [0.3, 0.4) is 0 Å². The Kier molecular flexibility index (Phi) is 4.71. The predicted molar refractivity (Wildman–Crippen MR) is 124 cm³/mol. The van der Waals surface area contributed by atoms with Crippen molar-refractivity contribution in [3.05, 3.63) is 82.9 Å². The lowest BCUT2D eigenvalue weighted by molar-refractivity contribution is 1.46. The lowest BCUT2D eigenvalue weighted by atomic mass is 10.0. The summed E-state index contributed by atoms with van der Waals surface area (Å²) < 4.78 is 0. The number of anilines is 1. The van der Waals surface area contributed by atoms with Crippen LogP contribution in [0.5, 0.6) is 0 Å². The van der Waals surface area contributed by atoms with Gasteiger partial charge in [-0.15, -0.1) is 12.4 Å². The molecule has 1 aliphatic rings. The molecule has 0 atom stereocenters. The first-order chi connectivity index (χ1) is 13.2. The van der Waals surface area contributed by atoms with Crippen molar-refractivity contribution in [3.63, 3.8) is 0 Å². The fourth-order valence-electron chi connectivity index (χ4n) is 3.67. The molecule has 0 fully saturated rings. The van der Waals surface area contributed by atoms with Crippen LogP contribution in [0.1, 0.15) is 11.1 Å². The van der Waals surface area contributed by atoms with E-state index in [1.54, 1.807) is 0 Å². The Balaban J connectivity index is 0.00000192. The largest absolute Gasteiger partial charge is 0.369 e. The second kappa shape index (κ2) is 7.19. The van der Waals surface area contributed by atoms with Gasteiger partial charge in [0.05, 0.1) is 5.69 Å². The Morgan fingerprint density at radius 2 is 1.50 bits per heavy atom. The number of hydrogen-bond donors (Lipinski definition) is 2. The van der Waals surface area contributed by atoms with Crippen molar-refractivity contribution < 1.29 is 0 Å². The summed E-state index contributed by atoms with van der Waals surface area (Å²) in [5.41, 5.74) is 10.4. The number of halogens is 2. The molecule has 28 heavy (non-hydrogen) atoms. The molecule has 0 aliphatic heterocycles. The van der Waals surface area contributed by atoms with E-state index in [1.165, 1.54) is 16.5 Å². The van der Waals surface area contributed by atoms with Gasteiger partial charge < -0.3 is 11.1 Å². The molecule has 0 saturated heterocycles. The first-order valence-electron chi connectivity index (χ1n) is 8.73. The van der Waals surface area contributed by atoms with Crippen LogP contribution in [0.25, 0.3) is 33.7 Å². The van der Waals surface area contributed by atoms with Crippen molar-refractivity contribution in [2.45, 2.75) is 0 Å². The van der Waals surface area contributed by atoms with E-state index >= 15 is 0 Å². The topological polar surface area (TPSA) is 50.4 Å². The zero-order valence-corrected chi connectivity index (χ0v) is 16.4. The Morgan fingerprint density at radius 1 is 0.786 bits per heavy atom. The number of benzene rings is 4. The lowest BCUT2D eigenvalue weighted by Gasteiger charge is -2.11. The fourth-order valence-corrected chi connectivity index (χ4v) is 3.90. The summed E-state index contributed by atoms with van der Waals surface area (Å²) in [6.45, 7) is 0. The van der Waals surface area contributed by atoms with Gasteiger partial charge in [0.2, 0.25) is 0 Å². The van der Waals surface area contributed by atoms with Crippen molar-refractivity contribution in [3.8, 4) is 0 Å². The van der Waals surface area contributed by atoms with Crippen LogP contribution < -0.4 is 11.1 Å². The van der Waals surface area contributed by atoms with Crippen molar-refractivity contribution in [2.75, 3.05) is 5.32 Å². The molecule has 3 N–H and O–H groups in total. The van der Waals surface area contributed by atoms with E-state index in [4.69, 9.17) is 17.3 Å². The molecule has 0 aromatic heterocycles. The molecule has 0 amide bonds. The second-order valence-electron chi connectivity index (χ2n) is 6.54. The molecule has 138 valence electrons. The van der Waals surface area contributed by atoms with Crippen LogP contribution in [0.4, 0.5) is 11.4 Å². The average molecular weight is 406 g/mol. The molecule has 0 heterocycles. The van der Waals surface area contributed by atoms with Gasteiger partial charge in [0.1, 0.15) is 0 Å². The third kappa shape index (κ3) is 2.99. The highest BCUT2D eigenvalue weighted by Gasteiger charge is 2.12. The minimum absolute atomic E-state index is 0. The highest BCUT2D eigenvalue weighted by atomic mass is 35.5. The van der Waals surface area contributed by atoms with Crippen molar-refractivity contribution >= 4 is 75.0 Å². The van der Waals surface area contributed by atoms with Gasteiger partial charge in [-0.3, -0.25) is 0 Å². The third-order valence-electron chi connectivity index (χ3n) is 4.90. The quantitative estimate of drug-likeness (QED) is 0.256. The van der Waals surface area contributed by atoms with Crippen LogP contribution >= 0.6 is 24.0 Å². The third-order valence-corrected chi connectivity index (χ3v) is 5.23. The second-order valence-corrected chi connectivity index (χ2v) is 6.95. The van der Waals surface area contributed by atoms with E-state index in [9.17, 15) is 0 Å². The molecule has 0 unspecified atom stereocenters. The number of aliphatic imine (C=N–C) groups is 1. The molecule has 5 rings (SSSR count). The molecule has 0 spiro atoms. The number of rotatable bonds is 2. The summed E-state index contributed by atoms with van der Waals surface area (Å²) in [5.74, 6) is 0.342. The Bertz CT molecular complexity index is 1260. The van der Waals surface area contributed by atoms with E-state index in [1.807, 2.05) is 48.5 Å². The number of nitrogens with two attached hydrogens (primary N) is 1. The van der Waals surface area contributed by atoms with Gasteiger partial charge in [-0.25, -0.2) is 4.99 Å². The Hall–Kier alpha value is -3.01. The smallest absolute Gasteiger partial charge is 0.198 e. The molecule has 3 nitrogen and oxygen atoms in total. The first kappa shape index (κ1) is 18.4. The monoisotopic (exact) mass is 405 g/mol. The standard InChI is InChI=1S/C23H16ClN3.ClH/c24-19-11-13-20(17-6-2-1-5-16(17)19)26-23(25)27-21-12-10-15-9-8-14-4-3-7-18(21)22(14)15;/h1-13H,(H3,25,26,27);1H. The van der Waals surface area contributed by atoms with Crippen LogP contribution in [0.15, 0.2) is 71.7 Å². The number of fused-ring (bicyclic) bond motifs is 1. The summed E-state index contributed by atoms with van der Waals surface area (Å²) in [7, 11) is 0. The van der Waals surface area contributed by atoms with Crippen molar-refractivity contribution in [1.82, 2.24) is 0 Å². The maximum atomic E-state index is 6.30. The number of nitrogens with zero attached hydrogens (tertiary/aromatic N) is 1. The molecular weight excluding hydrogens is 389 g/mol. The molecule has 1 aliphatic carbocycles. The average Bonchev–Trinajstić information content (AvgIpc) is 3.11. The molecular formula is C23H17Cl2N3. The summed E-state index contributed by atoms with van der Waals surface area (Å²) in [6.07, 6.45) is 4.26. The van der Waals surface area contributed by atoms with E-state index in [-0.39, 0.29) is 12.4 Å². The molecule has 0 radical (unpaired) electrons. The maximum Gasteiger partial charge on any atom is 0.198 e. The van der Waals surface area contributed by atoms with Gasteiger partial charge in [0.25, 0.3) is 0 Å². The van der Waals surface area contributed by atoms with Gasteiger partial charge in [-0.05, 0) is 34.7 Å². The fraction of sp³-hybridized carbons (Fsp3) is 0. The minimum atomic E-state index is 0. The molecule has 4 aromatic rings. The Morgan fingerprint density at radius 3 is 2.32 bits per heavy atom. The summed E-state index contributed by atoms with van der Waals surface area (Å²) in [6, 6.07) is 22.1. The highest BCUT2D eigenvalue weighted by molar-refractivity contribution is 6.36. The zero-order valence-electron chi connectivity index (χ0n) is 14.8. The maximum absolute atomic E-state index is 6.30. The van der Waals surface area contributed by atoms with E-state index in [0.29, 0.717) is 11.0 Å². The van der Waals surface area contributed by atoms with Gasteiger partial charge in [-0.2, -0.15) is 0 Å². The molecule has 0 bridgehead atoms. The SMILES string of the molecule is Cl.NC(=Nc1ccc2c3c(cccc13)C=C2)Nc1ccc(Cl)c2ccccc12. The number of hydrogen-bond acceptors (Lipinski definition) is 1. The van der Waals surface area contributed by atoms with Crippen LogP contribution in [-0.2, 0) is 0 Å². The molecule has 0 saturated carbocycles. The highest BCUT2D eigenvalue weighted by Crippen LogP contribution is 2.36. The Labute approximate surface area is 173 Å². The lowest BCUT2D eigenvalue weighted by Crippen LogP contribution is -2.22. The van der Waals surface area contributed by atoms with Crippen molar-refractivity contribution in [1.29, 1.82) is 0 Å². The van der Waals surface area contributed by atoms with Crippen molar-refractivity contribution in [2.24, 2.45) is 10.7 Å². The summed E-state index contributed by atoms with van der Waals surface area (Å²) in [4.78, 5) is 4.64. The van der Waals surface area contributed by atoms with Crippen LogP contribution in [-0.4, -0.2) is 5.96 Å². The van der Waals surface area contributed by atoms with Crippen LogP contribution in [0.2, 0.25) is 5.02 Å². The predicted octanol–water partition coefficient (Wildman–Crippen LogP) is 6.61. The normalized spacial score (nSPS) is 12.4. The van der Waals surface area contributed by atoms with E-state index in [2.05, 4.69) is 40.7 Å². The molecule has 5 heteroatoms. The van der Waals surface area contributed by atoms with Gasteiger partial charge >= 0.3 is 0 Å². The van der Waals surface area contributed by atoms with Crippen LogP contribution in [0, 0.1) is 0 Å². The zero-order chi connectivity index (χ0) is 18.4. The molecule has 4 aromatic carbocycles. The number of nitrogens with one attached hydrogen (secondary N) is 1. The van der Waals surface area contributed by atoms with E-state index in [0.717, 1.165) is 27.5 Å². The van der Waals surface area contributed by atoms with Gasteiger partial charge in [0.15, 0.2) is 5.96 Å². The minimum Gasteiger partial charge on any atom is -0.369 e.